The Hall–Kier alpha value is -3.28. The number of primary amides is 1. The van der Waals surface area contributed by atoms with Gasteiger partial charge in [-0.1, -0.05) is 82.0 Å². The molecule has 0 fully saturated rings. The molecule has 1 aliphatic heterocycles. The third-order valence-corrected chi connectivity index (χ3v) is 7.48. The molecule has 40 heavy (non-hydrogen) atoms. The van der Waals surface area contributed by atoms with E-state index in [1.807, 2.05) is 56.4 Å². The Labute approximate surface area is 246 Å². The van der Waals surface area contributed by atoms with Gasteiger partial charge in [-0.15, -0.1) is 0 Å². The second-order valence-corrected chi connectivity index (χ2v) is 11.9. The highest BCUT2D eigenvalue weighted by molar-refractivity contribution is 9.10. The van der Waals surface area contributed by atoms with Crippen LogP contribution < -0.4 is 16.8 Å². The van der Waals surface area contributed by atoms with Gasteiger partial charge in [0.15, 0.2) is 0 Å². The monoisotopic (exact) mass is 611 g/mol. The summed E-state index contributed by atoms with van der Waals surface area (Å²) in [6.45, 7) is 8.28. The van der Waals surface area contributed by atoms with Gasteiger partial charge in [-0.25, -0.2) is 4.79 Å². The van der Waals surface area contributed by atoms with Gasteiger partial charge in [0, 0.05) is 6.04 Å². The van der Waals surface area contributed by atoms with Crippen LogP contribution in [0.3, 0.4) is 0 Å². The number of allylic oxidation sites excluding steroid dienone is 5. The molecular formula is C32H42BrN3O4. The molecule has 6 N–H and O–H groups in total. The molecule has 5 atom stereocenters. The van der Waals surface area contributed by atoms with Crippen molar-refractivity contribution >= 4 is 27.9 Å². The predicted molar refractivity (Wildman–Crippen MR) is 164 cm³/mol. The first-order chi connectivity index (χ1) is 18.9. The highest BCUT2D eigenvalue weighted by Crippen LogP contribution is 2.32. The summed E-state index contributed by atoms with van der Waals surface area (Å²) in [6, 6.07) is 4.52. The van der Waals surface area contributed by atoms with Crippen LogP contribution >= 0.6 is 15.9 Å². The molecule has 7 nitrogen and oxygen atoms in total. The van der Waals surface area contributed by atoms with Crippen molar-refractivity contribution in [2.45, 2.75) is 71.6 Å². The average molecular weight is 613 g/mol. The van der Waals surface area contributed by atoms with E-state index in [-0.39, 0.29) is 35.0 Å². The van der Waals surface area contributed by atoms with E-state index >= 15 is 0 Å². The first kappa shape index (κ1) is 32.9. The van der Waals surface area contributed by atoms with Crippen LogP contribution in [-0.2, 0) is 16.0 Å². The second kappa shape index (κ2) is 16.1. The van der Waals surface area contributed by atoms with Crippen molar-refractivity contribution in [3.05, 3.63) is 76.8 Å². The number of nitrogens with two attached hydrogens (primary N) is 2. The molecule has 0 bridgehead atoms. The van der Waals surface area contributed by atoms with Crippen molar-refractivity contribution in [3.63, 3.8) is 0 Å². The van der Waals surface area contributed by atoms with E-state index in [1.54, 1.807) is 18.2 Å². The molecule has 2 rings (SSSR count). The second-order valence-electron chi connectivity index (χ2n) is 11.1. The molecule has 8 heteroatoms. The van der Waals surface area contributed by atoms with Gasteiger partial charge < -0.3 is 26.6 Å². The zero-order chi connectivity index (χ0) is 29.7. The summed E-state index contributed by atoms with van der Waals surface area (Å²) >= 11 is 3.45. The summed E-state index contributed by atoms with van der Waals surface area (Å²) in [5.74, 6) is 6.29. The number of ether oxygens (including phenoxy) is 1. The topological polar surface area (TPSA) is 128 Å². The molecule has 0 spiro atoms. The molecular weight excluding hydrogens is 570 g/mol. The lowest BCUT2D eigenvalue weighted by molar-refractivity contribution is -0.117. The molecule has 0 saturated heterocycles. The molecule has 0 unspecified atom stereocenters. The number of amides is 2. The number of carbonyl (C=O) groups excluding carboxylic acids is 2. The smallest absolute Gasteiger partial charge is 0.404 e. The van der Waals surface area contributed by atoms with E-state index in [2.05, 4.69) is 46.9 Å². The summed E-state index contributed by atoms with van der Waals surface area (Å²) in [4.78, 5) is 23.9. The number of nitrogens with one attached hydrogen (secondary N) is 1. The molecule has 0 radical (unpaired) electrons. The Bertz CT molecular complexity index is 1190. The maximum Gasteiger partial charge on any atom is 0.404 e. The van der Waals surface area contributed by atoms with Gasteiger partial charge in [0.25, 0.3) is 0 Å². The fraction of sp³-hybridized carbons (Fsp3) is 0.438. The minimum Gasteiger partial charge on any atom is -0.507 e. The predicted octanol–water partition coefficient (Wildman–Crippen LogP) is 5.68. The van der Waals surface area contributed by atoms with Crippen molar-refractivity contribution in [3.8, 4) is 17.6 Å². The maximum absolute atomic E-state index is 12.6. The summed E-state index contributed by atoms with van der Waals surface area (Å²) in [6.07, 6.45) is 16.1. The van der Waals surface area contributed by atoms with Crippen LogP contribution in [0.2, 0.25) is 0 Å². The highest BCUT2D eigenvalue weighted by Gasteiger charge is 2.20. The minimum absolute atomic E-state index is 0.0928. The fourth-order valence-electron chi connectivity index (χ4n) is 4.49. The van der Waals surface area contributed by atoms with Gasteiger partial charge in [0.2, 0.25) is 5.91 Å². The molecule has 2 amide bonds. The van der Waals surface area contributed by atoms with Crippen molar-refractivity contribution in [2.24, 2.45) is 28.7 Å². The molecule has 1 aliphatic rings. The Kier molecular flexibility index (Phi) is 13.3. The summed E-state index contributed by atoms with van der Waals surface area (Å²) in [5, 5.41) is 12.9. The van der Waals surface area contributed by atoms with Crippen molar-refractivity contribution in [1.29, 1.82) is 0 Å². The van der Waals surface area contributed by atoms with Crippen LogP contribution in [-0.4, -0.2) is 35.3 Å². The summed E-state index contributed by atoms with van der Waals surface area (Å²) < 4.78 is 6.04. The Balaban J connectivity index is 2.11. The Morgan fingerprint density at radius 1 is 1.23 bits per heavy atom. The van der Waals surface area contributed by atoms with E-state index in [1.165, 1.54) is 6.08 Å². The number of halogens is 1. The first-order valence-electron chi connectivity index (χ1n) is 13.5. The molecule has 1 aromatic carbocycles. The number of carbonyl (C=O) groups is 2. The average Bonchev–Trinajstić information content (AvgIpc) is 2.85. The van der Waals surface area contributed by atoms with E-state index in [0.717, 1.165) is 12.0 Å². The van der Waals surface area contributed by atoms with E-state index in [4.69, 9.17) is 16.2 Å². The largest absolute Gasteiger partial charge is 0.507 e. The molecule has 0 aromatic heterocycles. The lowest BCUT2D eigenvalue weighted by Crippen LogP contribution is -2.45. The van der Waals surface area contributed by atoms with Gasteiger partial charge in [-0.2, -0.15) is 0 Å². The molecule has 0 saturated carbocycles. The molecule has 0 aliphatic carbocycles. The van der Waals surface area contributed by atoms with E-state index < -0.39 is 18.2 Å². The first-order valence-corrected chi connectivity index (χ1v) is 14.3. The number of aromatic hydroxyl groups is 1. The lowest BCUT2D eigenvalue weighted by Gasteiger charge is -2.23. The highest BCUT2D eigenvalue weighted by atomic mass is 79.9. The number of hydrogen-bond acceptors (Lipinski definition) is 5. The van der Waals surface area contributed by atoms with Crippen LogP contribution in [0.1, 0.15) is 52.5 Å². The zero-order valence-corrected chi connectivity index (χ0v) is 25.4. The van der Waals surface area contributed by atoms with Crippen LogP contribution in [0.4, 0.5) is 4.79 Å². The number of phenols is 1. The molecule has 1 aromatic rings. The maximum atomic E-state index is 12.6. The number of benzene rings is 1. The lowest BCUT2D eigenvalue weighted by atomic mass is 9.85. The number of rotatable bonds is 5. The van der Waals surface area contributed by atoms with Crippen molar-refractivity contribution in [2.75, 3.05) is 0 Å². The van der Waals surface area contributed by atoms with Gasteiger partial charge in [0.1, 0.15) is 11.9 Å². The van der Waals surface area contributed by atoms with Crippen molar-refractivity contribution in [1.82, 2.24) is 5.32 Å². The van der Waals surface area contributed by atoms with Gasteiger partial charge in [-0.05, 0) is 88.7 Å². The van der Waals surface area contributed by atoms with E-state index in [0.29, 0.717) is 23.7 Å². The quantitative estimate of drug-likeness (QED) is 0.251. The third kappa shape index (κ3) is 12.3. The van der Waals surface area contributed by atoms with Crippen LogP contribution in [0.15, 0.2) is 71.3 Å². The van der Waals surface area contributed by atoms with E-state index in [9.17, 15) is 14.7 Å². The molecule has 216 valence electrons. The van der Waals surface area contributed by atoms with Crippen LogP contribution in [0.25, 0.3) is 0 Å². The van der Waals surface area contributed by atoms with Gasteiger partial charge in [0.05, 0.1) is 10.5 Å². The zero-order valence-electron chi connectivity index (χ0n) is 23.8. The summed E-state index contributed by atoms with van der Waals surface area (Å²) in [7, 11) is 0. The number of phenolic OH excluding ortho intramolecular Hbond substituents is 1. The fourth-order valence-corrected chi connectivity index (χ4v) is 4.90. The minimum atomic E-state index is -0.782. The third-order valence-electron chi connectivity index (χ3n) is 6.57. The number of hydrogen-bond donors (Lipinski definition) is 4. The normalized spacial score (nSPS) is 26.4. The SMILES string of the molecule is C[C@@H]1C/C=C\C(=O)N[C@H](/C=C/C#C/C=C/C(C)(C)Cc2cccc(O)c2Br)[C@@H](N)/C=C/[C@H](C)C[C@H](OC(N)=O)C1. The van der Waals surface area contributed by atoms with Crippen LogP contribution in [0, 0.1) is 29.1 Å². The van der Waals surface area contributed by atoms with Crippen molar-refractivity contribution < 1.29 is 19.4 Å². The Morgan fingerprint density at radius 3 is 2.67 bits per heavy atom. The van der Waals surface area contributed by atoms with Gasteiger partial charge >= 0.3 is 6.09 Å². The van der Waals surface area contributed by atoms with Crippen LogP contribution in [0.5, 0.6) is 5.75 Å². The standard InChI is InChI=1S/C32H42BrN3O4/c1-22-11-9-15-29(38)36-27(26(34)17-16-23(2)20-25(19-22)40-31(35)39)13-7-5-6-8-18-32(3,4)21-24-12-10-14-28(37)30(24)33/h7-10,12-18,22-23,25-27,37H,11,19-21,34H2,1-4H3,(H2,35,39)(H,36,38)/b13-7+,15-9-,17-16+,18-8+/t22-,23+,25-,26+,27-/m1/s1. The Morgan fingerprint density at radius 2 is 1.95 bits per heavy atom. The van der Waals surface area contributed by atoms with Gasteiger partial charge in [-0.3, -0.25) is 4.79 Å². The molecule has 1 heterocycles. The summed E-state index contributed by atoms with van der Waals surface area (Å²) in [5.41, 5.74) is 12.5.